The fraction of sp³-hybridized carbons (Fsp3) is 0.211. The van der Waals surface area contributed by atoms with Crippen molar-refractivity contribution in [2.24, 2.45) is 12.1 Å². The molecule has 8 nitrogen and oxygen atoms in total. The van der Waals surface area contributed by atoms with E-state index in [9.17, 15) is 4.79 Å². The van der Waals surface area contributed by atoms with E-state index in [1.165, 1.54) is 11.8 Å². The number of amides is 1. The van der Waals surface area contributed by atoms with E-state index in [0.717, 1.165) is 21.5 Å². The van der Waals surface area contributed by atoms with Crippen LogP contribution >= 0.6 is 27.7 Å². The maximum Gasteiger partial charge on any atom is 0.250 e. The molecule has 0 fully saturated rings. The molecular formula is C19H20BrN7OS. The molecule has 1 amide bonds. The minimum absolute atomic E-state index is 0.0408. The lowest BCUT2D eigenvalue weighted by atomic mass is 10.2. The lowest BCUT2D eigenvalue weighted by Gasteiger charge is -2.14. The second kappa shape index (κ2) is 10.2. The summed E-state index contributed by atoms with van der Waals surface area (Å²) in [7, 11) is 1.88. The second-order valence-corrected chi connectivity index (χ2v) is 8.00. The third-order valence-corrected chi connectivity index (χ3v) is 5.45. The molecule has 0 bridgehead atoms. The molecule has 2 N–H and O–H groups in total. The van der Waals surface area contributed by atoms with Crippen molar-refractivity contribution in [1.29, 1.82) is 0 Å². The van der Waals surface area contributed by atoms with Crippen molar-refractivity contribution < 1.29 is 4.79 Å². The van der Waals surface area contributed by atoms with Gasteiger partial charge >= 0.3 is 0 Å². The van der Waals surface area contributed by atoms with Crippen LogP contribution in [0.15, 0.2) is 63.5 Å². The Balaban J connectivity index is 1.51. The minimum atomic E-state index is -0.222. The Morgan fingerprint density at radius 1 is 1.31 bits per heavy atom. The lowest BCUT2D eigenvalue weighted by molar-refractivity contribution is -0.118. The van der Waals surface area contributed by atoms with Gasteiger partial charge in [0.15, 0.2) is 11.0 Å². The highest BCUT2D eigenvalue weighted by Crippen LogP contribution is 2.23. The predicted octanol–water partition coefficient (Wildman–Crippen LogP) is 3.39. The molecule has 1 aromatic carbocycles. The van der Waals surface area contributed by atoms with Crippen molar-refractivity contribution >= 4 is 45.5 Å². The van der Waals surface area contributed by atoms with Crippen LogP contribution in [0, 0.1) is 0 Å². The van der Waals surface area contributed by atoms with Crippen LogP contribution in [-0.4, -0.2) is 37.6 Å². The number of hydrazone groups is 1. The first-order valence-corrected chi connectivity index (χ1v) is 10.6. The normalized spacial score (nSPS) is 12.1. The Morgan fingerprint density at radius 3 is 2.83 bits per heavy atom. The molecular weight excluding hydrogens is 454 g/mol. The van der Waals surface area contributed by atoms with E-state index >= 15 is 0 Å². The number of pyridine rings is 1. The van der Waals surface area contributed by atoms with Crippen molar-refractivity contribution in [3.63, 3.8) is 0 Å². The Kier molecular flexibility index (Phi) is 7.36. The van der Waals surface area contributed by atoms with E-state index in [1.807, 2.05) is 48.9 Å². The number of hydrogen-bond acceptors (Lipinski definition) is 7. The van der Waals surface area contributed by atoms with E-state index in [-0.39, 0.29) is 17.7 Å². The van der Waals surface area contributed by atoms with Crippen LogP contribution < -0.4 is 10.7 Å². The van der Waals surface area contributed by atoms with Crippen molar-refractivity contribution in [1.82, 2.24) is 25.2 Å². The summed E-state index contributed by atoms with van der Waals surface area (Å²) in [4.78, 5) is 16.0. The van der Waals surface area contributed by atoms with E-state index in [0.29, 0.717) is 5.16 Å². The number of halogens is 1. The zero-order valence-corrected chi connectivity index (χ0v) is 18.3. The number of anilines is 1. The summed E-state index contributed by atoms with van der Waals surface area (Å²) in [5.41, 5.74) is 4.30. The molecule has 0 radical (unpaired) electrons. The van der Waals surface area contributed by atoms with Gasteiger partial charge in [0.2, 0.25) is 0 Å². The highest BCUT2D eigenvalue weighted by Gasteiger charge is 2.16. The molecule has 10 heteroatoms. The standard InChI is InChI=1S/C19H20BrN7OS/c1-13(23-16-7-5-15(20)6-8-16)18-25-26-19(27(18)2)29-12-17(28)24-22-11-14-4-3-9-21-10-14/h3-11,13,23H,12H2,1-2H3,(H,24,28)/t13-/m1/s1. The van der Waals surface area contributed by atoms with Crippen molar-refractivity contribution in [2.45, 2.75) is 18.1 Å². The second-order valence-electron chi connectivity index (χ2n) is 6.14. The van der Waals surface area contributed by atoms with Crippen LogP contribution in [0.4, 0.5) is 5.69 Å². The number of nitrogens with one attached hydrogen (secondary N) is 2. The molecule has 1 atom stereocenters. The molecule has 3 rings (SSSR count). The van der Waals surface area contributed by atoms with Gasteiger partial charge in [-0.1, -0.05) is 33.8 Å². The third-order valence-electron chi connectivity index (χ3n) is 3.90. The number of carbonyl (C=O) groups excluding carboxylic acids is 1. The molecule has 2 heterocycles. The first-order valence-electron chi connectivity index (χ1n) is 8.79. The molecule has 0 aliphatic carbocycles. The average Bonchev–Trinajstić information content (AvgIpc) is 3.09. The predicted molar refractivity (Wildman–Crippen MR) is 118 cm³/mol. The number of nitrogens with zero attached hydrogens (tertiary/aromatic N) is 5. The zero-order valence-electron chi connectivity index (χ0n) is 15.9. The quantitative estimate of drug-likeness (QED) is 0.295. The molecule has 0 aliphatic heterocycles. The van der Waals surface area contributed by atoms with Crippen LogP contribution in [-0.2, 0) is 11.8 Å². The number of thioether (sulfide) groups is 1. The minimum Gasteiger partial charge on any atom is -0.375 e. The Hall–Kier alpha value is -2.72. The average molecular weight is 474 g/mol. The highest BCUT2D eigenvalue weighted by molar-refractivity contribution is 9.10. The van der Waals surface area contributed by atoms with Crippen molar-refractivity contribution in [3.8, 4) is 0 Å². The molecule has 150 valence electrons. The smallest absolute Gasteiger partial charge is 0.250 e. The van der Waals surface area contributed by atoms with Gasteiger partial charge in [-0.05, 0) is 37.3 Å². The molecule has 2 aromatic heterocycles. The maximum absolute atomic E-state index is 12.0. The summed E-state index contributed by atoms with van der Waals surface area (Å²) in [5.74, 6) is 0.747. The summed E-state index contributed by atoms with van der Waals surface area (Å²) < 4.78 is 2.91. The monoisotopic (exact) mass is 473 g/mol. The molecule has 0 unspecified atom stereocenters. The molecule has 3 aromatic rings. The van der Waals surface area contributed by atoms with E-state index < -0.39 is 0 Å². The van der Waals surface area contributed by atoms with Crippen LogP contribution in [0.25, 0.3) is 0 Å². The van der Waals surface area contributed by atoms with E-state index in [1.54, 1.807) is 24.7 Å². The third kappa shape index (κ3) is 6.13. The summed E-state index contributed by atoms with van der Waals surface area (Å²) >= 11 is 4.73. The SMILES string of the molecule is C[C@@H](Nc1ccc(Br)cc1)c1nnc(SCC(=O)NN=Cc2cccnc2)n1C. The van der Waals surface area contributed by atoms with E-state index in [2.05, 4.69) is 47.0 Å². The van der Waals surface area contributed by atoms with Gasteiger partial charge in [-0.15, -0.1) is 10.2 Å². The fourth-order valence-electron chi connectivity index (χ4n) is 2.48. The number of hydrogen-bond donors (Lipinski definition) is 2. The number of benzene rings is 1. The zero-order chi connectivity index (χ0) is 20.6. The van der Waals surface area contributed by atoms with Crippen LogP contribution in [0.5, 0.6) is 0 Å². The summed E-state index contributed by atoms with van der Waals surface area (Å²) in [6, 6.07) is 11.5. The molecule has 0 spiro atoms. The van der Waals surface area contributed by atoms with Gasteiger partial charge in [-0.2, -0.15) is 5.10 Å². The summed E-state index contributed by atoms with van der Waals surface area (Å²) in [5, 5.41) is 16.4. The molecule has 29 heavy (non-hydrogen) atoms. The molecule has 0 saturated heterocycles. The van der Waals surface area contributed by atoms with Gasteiger partial charge in [-0.3, -0.25) is 9.78 Å². The topological polar surface area (TPSA) is 97.1 Å². The van der Waals surface area contributed by atoms with Gasteiger partial charge in [0.05, 0.1) is 18.0 Å². The number of aromatic nitrogens is 4. The highest BCUT2D eigenvalue weighted by atomic mass is 79.9. The lowest BCUT2D eigenvalue weighted by Crippen LogP contribution is -2.20. The molecule has 0 saturated carbocycles. The Morgan fingerprint density at radius 2 is 2.10 bits per heavy atom. The van der Waals surface area contributed by atoms with Gasteiger partial charge in [0.1, 0.15) is 0 Å². The van der Waals surface area contributed by atoms with Crippen LogP contribution in [0.1, 0.15) is 24.4 Å². The van der Waals surface area contributed by atoms with Crippen LogP contribution in [0.2, 0.25) is 0 Å². The summed E-state index contributed by atoms with van der Waals surface area (Å²) in [6.45, 7) is 2.01. The van der Waals surface area contributed by atoms with E-state index in [4.69, 9.17) is 0 Å². The maximum atomic E-state index is 12.0. The number of rotatable bonds is 8. The van der Waals surface area contributed by atoms with Gasteiger partial charge in [-0.25, -0.2) is 5.43 Å². The number of carbonyl (C=O) groups is 1. The van der Waals surface area contributed by atoms with Gasteiger partial charge in [0, 0.05) is 35.2 Å². The summed E-state index contributed by atoms with van der Waals surface area (Å²) in [6.07, 6.45) is 4.89. The van der Waals surface area contributed by atoms with Crippen molar-refractivity contribution in [2.75, 3.05) is 11.1 Å². The Labute approximate surface area is 181 Å². The Bertz CT molecular complexity index is 976. The first kappa shape index (κ1) is 21.0. The van der Waals surface area contributed by atoms with Gasteiger partial charge in [0.25, 0.3) is 5.91 Å². The van der Waals surface area contributed by atoms with Crippen LogP contribution in [0.3, 0.4) is 0 Å². The molecule has 0 aliphatic rings. The van der Waals surface area contributed by atoms with Gasteiger partial charge < -0.3 is 9.88 Å². The fourth-order valence-corrected chi connectivity index (χ4v) is 3.46. The largest absolute Gasteiger partial charge is 0.375 e. The van der Waals surface area contributed by atoms with Crippen molar-refractivity contribution in [3.05, 3.63) is 64.7 Å². The first-order chi connectivity index (χ1) is 14.0.